The third-order valence-corrected chi connectivity index (χ3v) is 3.64. The molecule has 7 nitrogen and oxygen atoms in total. The van der Waals surface area contributed by atoms with Crippen LogP contribution in [0, 0.1) is 0 Å². The van der Waals surface area contributed by atoms with Crippen LogP contribution >= 0.6 is 0 Å². The van der Waals surface area contributed by atoms with Gasteiger partial charge in [0.1, 0.15) is 0 Å². The van der Waals surface area contributed by atoms with E-state index in [1.807, 2.05) is 0 Å². The number of amides is 2. The van der Waals surface area contributed by atoms with Gasteiger partial charge in [-0.15, -0.1) is 0 Å². The smallest absolute Gasteiger partial charge is 0.413 e. The van der Waals surface area contributed by atoms with Crippen LogP contribution in [0.15, 0.2) is 24.3 Å². The Kier molecular flexibility index (Phi) is 5.56. The Morgan fingerprint density at radius 3 is 2.70 bits per heavy atom. The third kappa shape index (κ3) is 3.80. The van der Waals surface area contributed by atoms with E-state index in [1.165, 1.54) is 11.6 Å². The zero-order valence-electron chi connectivity index (χ0n) is 13.5. The van der Waals surface area contributed by atoms with Crippen LogP contribution in [0.5, 0.6) is 0 Å². The van der Waals surface area contributed by atoms with Gasteiger partial charge in [-0.25, -0.2) is 24.0 Å². The lowest BCUT2D eigenvalue weighted by Crippen LogP contribution is -2.34. The molecule has 7 heteroatoms. The van der Waals surface area contributed by atoms with Crippen molar-refractivity contribution >= 4 is 29.1 Å². The summed E-state index contributed by atoms with van der Waals surface area (Å²) in [5, 5.41) is 12.0. The molecule has 0 saturated heterocycles. The van der Waals surface area contributed by atoms with E-state index in [0.717, 1.165) is 30.6 Å². The minimum Gasteiger partial charge on any atom is -0.465 e. The van der Waals surface area contributed by atoms with Crippen LogP contribution in [-0.4, -0.2) is 40.4 Å². The van der Waals surface area contributed by atoms with E-state index in [-0.39, 0.29) is 12.0 Å². The van der Waals surface area contributed by atoms with Crippen molar-refractivity contribution in [3.05, 3.63) is 24.3 Å². The van der Waals surface area contributed by atoms with Crippen molar-refractivity contribution in [2.24, 2.45) is 0 Å². The summed E-state index contributed by atoms with van der Waals surface area (Å²) in [5.41, 5.74) is 1.17. The number of nitrogens with zero attached hydrogens (tertiary/aromatic N) is 3. The quantitative estimate of drug-likeness (QED) is 0.800. The first-order chi connectivity index (χ1) is 11.1. The molecule has 0 unspecified atom stereocenters. The molecule has 0 saturated carbocycles. The molecule has 0 aliphatic carbocycles. The second-order valence-electron chi connectivity index (χ2n) is 5.37. The lowest BCUT2D eigenvalue weighted by atomic mass is 10.2. The molecule has 0 aliphatic heterocycles. The fourth-order valence-electron chi connectivity index (χ4n) is 2.35. The highest BCUT2D eigenvalue weighted by molar-refractivity contribution is 5.96. The molecule has 2 amide bonds. The van der Waals surface area contributed by atoms with Crippen LogP contribution < -0.4 is 10.2 Å². The van der Waals surface area contributed by atoms with E-state index in [4.69, 9.17) is 0 Å². The summed E-state index contributed by atoms with van der Waals surface area (Å²) >= 11 is 0. The van der Waals surface area contributed by atoms with Crippen LogP contribution in [0.25, 0.3) is 11.0 Å². The number of carbonyl (C=O) groups excluding carboxylic acids is 1. The van der Waals surface area contributed by atoms with Gasteiger partial charge in [0.15, 0.2) is 0 Å². The number of para-hydroxylation sites is 2. The summed E-state index contributed by atoms with van der Waals surface area (Å²) in [6.07, 6.45) is 3.06. The first-order valence-corrected chi connectivity index (χ1v) is 7.78. The Balaban J connectivity index is 2.24. The maximum absolute atomic E-state index is 12.5. The fraction of sp³-hybridized carbons (Fsp3) is 0.438. The minimum absolute atomic E-state index is 0.0877. The number of unbranched alkanes of at least 4 members (excludes halogenated alkanes) is 3. The fourth-order valence-corrected chi connectivity index (χ4v) is 2.35. The van der Waals surface area contributed by atoms with Gasteiger partial charge >= 0.3 is 12.1 Å². The summed E-state index contributed by atoms with van der Waals surface area (Å²) < 4.78 is 1.31. The number of anilines is 1. The second kappa shape index (κ2) is 7.62. The predicted octanol–water partition coefficient (Wildman–Crippen LogP) is 3.29. The molecular weight excluding hydrogens is 296 g/mol. The van der Waals surface area contributed by atoms with E-state index < -0.39 is 6.09 Å². The standard InChI is InChI=1S/C16H22N4O3/c1-3-4-5-8-11-17-15(21)20-13-10-7-6-9-12(13)18-14(20)19(2)16(22)23/h6-7,9-10H,3-5,8,11H2,1-2H3,(H,17,21)(H,22,23). The molecule has 2 N–H and O–H groups in total. The van der Waals surface area contributed by atoms with E-state index >= 15 is 0 Å². The molecule has 1 heterocycles. The summed E-state index contributed by atoms with van der Waals surface area (Å²) in [5.74, 6) is 0.0877. The van der Waals surface area contributed by atoms with Gasteiger partial charge in [-0.2, -0.15) is 0 Å². The number of fused-ring (bicyclic) bond motifs is 1. The first kappa shape index (κ1) is 16.8. The number of nitrogens with one attached hydrogen (secondary N) is 1. The monoisotopic (exact) mass is 318 g/mol. The number of hydrogen-bond acceptors (Lipinski definition) is 3. The molecular formula is C16H22N4O3. The Labute approximate surface area is 134 Å². The molecule has 0 spiro atoms. The molecule has 23 heavy (non-hydrogen) atoms. The normalized spacial score (nSPS) is 10.7. The third-order valence-electron chi connectivity index (χ3n) is 3.64. The summed E-state index contributed by atoms with van der Waals surface area (Å²) in [6.45, 7) is 2.69. The van der Waals surface area contributed by atoms with E-state index in [9.17, 15) is 14.7 Å². The summed E-state index contributed by atoms with van der Waals surface area (Å²) in [7, 11) is 1.37. The van der Waals surface area contributed by atoms with Gasteiger partial charge < -0.3 is 10.4 Å². The van der Waals surface area contributed by atoms with Crippen molar-refractivity contribution in [1.82, 2.24) is 14.9 Å². The zero-order valence-corrected chi connectivity index (χ0v) is 13.5. The Morgan fingerprint density at radius 2 is 2.00 bits per heavy atom. The highest BCUT2D eigenvalue weighted by atomic mass is 16.4. The first-order valence-electron chi connectivity index (χ1n) is 7.78. The largest absolute Gasteiger partial charge is 0.465 e. The lowest BCUT2D eigenvalue weighted by Gasteiger charge is -2.14. The maximum Gasteiger partial charge on any atom is 0.413 e. The predicted molar refractivity (Wildman–Crippen MR) is 89.1 cm³/mol. The molecule has 0 aliphatic rings. The molecule has 0 radical (unpaired) electrons. The van der Waals surface area contributed by atoms with Crippen molar-refractivity contribution in [2.45, 2.75) is 32.6 Å². The number of carboxylic acid groups (broad SMARTS) is 1. The minimum atomic E-state index is -1.17. The number of aromatic nitrogens is 2. The van der Waals surface area contributed by atoms with Crippen molar-refractivity contribution in [2.75, 3.05) is 18.5 Å². The lowest BCUT2D eigenvalue weighted by molar-refractivity contribution is 0.203. The average molecular weight is 318 g/mol. The van der Waals surface area contributed by atoms with Gasteiger partial charge in [0.05, 0.1) is 11.0 Å². The van der Waals surface area contributed by atoms with Gasteiger partial charge in [-0.1, -0.05) is 38.3 Å². The van der Waals surface area contributed by atoms with Crippen LogP contribution in [0.3, 0.4) is 0 Å². The molecule has 2 rings (SSSR count). The summed E-state index contributed by atoms with van der Waals surface area (Å²) in [4.78, 5) is 28.9. The average Bonchev–Trinajstić information content (AvgIpc) is 2.93. The zero-order chi connectivity index (χ0) is 16.8. The number of benzene rings is 1. The summed E-state index contributed by atoms with van der Waals surface area (Å²) in [6, 6.07) is 6.72. The highest BCUT2D eigenvalue weighted by Gasteiger charge is 2.22. The Bertz CT molecular complexity index is 696. The Hall–Kier alpha value is -2.57. The molecule has 0 atom stereocenters. The SMILES string of the molecule is CCCCCCNC(=O)n1c(N(C)C(=O)O)nc2ccccc21. The van der Waals surface area contributed by atoms with E-state index in [2.05, 4.69) is 17.2 Å². The van der Waals surface area contributed by atoms with Crippen molar-refractivity contribution in [3.63, 3.8) is 0 Å². The highest BCUT2D eigenvalue weighted by Crippen LogP contribution is 2.21. The van der Waals surface area contributed by atoms with Crippen molar-refractivity contribution in [1.29, 1.82) is 0 Å². The number of imidazole rings is 1. The molecule has 124 valence electrons. The molecule has 1 aromatic carbocycles. The second-order valence-corrected chi connectivity index (χ2v) is 5.37. The molecule has 2 aromatic rings. The number of hydrogen-bond donors (Lipinski definition) is 2. The van der Waals surface area contributed by atoms with E-state index in [0.29, 0.717) is 17.6 Å². The number of rotatable bonds is 6. The molecule has 0 fully saturated rings. The van der Waals surface area contributed by atoms with Crippen LogP contribution in [0.4, 0.5) is 15.5 Å². The van der Waals surface area contributed by atoms with Gasteiger partial charge in [0.25, 0.3) is 0 Å². The maximum atomic E-state index is 12.5. The van der Waals surface area contributed by atoms with Gasteiger partial charge in [0.2, 0.25) is 5.95 Å². The Morgan fingerprint density at radius 1 is 1.26 bits per heavy atom. The molecule has 1 aromatic heterocycles. The number of carbonyl (C=O) groups is 2. The van der Waals surface area contributed by atoms with E-state index in [1.54, 1.807) is 24.3 Å². The van der Waals surface area contributed by atoms with Crippen LogP contribution in [-0.2, 0) is 0 Å². The van der Waals surface area contributed by atoms with Crippen LogP contribution in [0.1, 0.15) is 32.6 Å². The van der Waals surface area contributed by atoms with Gasteiger partial charge in [-0.05, 0) is 18.6 Å². The van der Waals surface area contributed by atoms with Crippen molar-refractivity contribution in [3.8, 4) is 0 Å². The molecule has 0 bridgehead atoms. The van der Waals surface area contributed by atoms with Gasteiger partial charge in [-0.3, -0.25) is 0 Å². The van der Waals surface area contributed by atoms with Crippen molar-refractivity contribution < 1.29 is 14.7 Å². The van der Waals surface area contributed by atoms with Crippen LogP contribution in [0.2, 0.25) is 0 Å². The van der Waals surface area contributed by atoms with Gasteiger partial charge in [0, 0.05) is 13.6 Å². The topological polar surface area (TPSA) is 87.5 Å².